The van der Waals surface area contributed by atoms with E-state index in [-0.39, 0.29) is 22.8 Å². The number of nitrogens with one attached hydrogen (secondary N) is 3. The first-order chi connectivity index (χ1) is 16.5. The summed E-state index contributed by atoms with van der Waals surface area (Å²) in [6.07, 6.45) is -1.12. The van der Waals surface area contributed by atoms with Gasteiger partial charge in [-0.1, -0.05) is 65.1 Å². The average molecular weight is 557 g/mol. The molecule has 35 heavy (non-hydrogen) atoms. The Hall–Kier alpha value is -2.72. The van der Waals surface area contributed by atoms with Gasteiger partial charge in [-0.05, 0) is 49.0 Å². The van der Waals surface area contributed by atoms with Crippen molar-refractivity contribution in [2.24, 2.45) is 7.05 Å². The number of thiocarbonyl (C=S) groups is 1. The highest BCUT2D eigenvalue weighted by Crippen LogP contribution is 2.29. The van der Waals surface area contributed by atoms with Crippen LogP contribution in [0.4, 0.5) is 5.69 Å². The van der Waals surface area contributed by atoms with Crippen molar-refractivity contribution in [2.75, 3.05) is 12.4 Å². The smallest absolute Gasteiger partial charge is 0.295 e. The normalized spacial score (nSPS) is 12.1. The predicted octanol–water partition coefficient (Wildman–Crippen LogP) is 3.83. The molecule has 3 aromatic rings. The molecule has 186 valence electrons. The summed E-state index contributed by atoms with van der Waals surface area (Å²) in [5.74, 6) is 0.276. The Labute approximate surface area is 223 Å². The van der Waals surface area contributed by atoms with Crippen LogP contribution in [-0.2, 0) is 18.3 Å². The van der Waals surface area contributed by atoms with Gasteiger partial charge in [-0.2, -0.15) is 0 Å². The van der Waals surface area contributed by atoms with Gasteiger partial charge in [0, 0.05) is 7.05 Å². The Morgan fingerprint density at radius 3 is 2.29 bits per heavy atom. The molecule has 3 N–H and O–H groups in total. The zero-order chi connectivity index (χ0) is 25.8. The number of methoxy groups -OCH3 is 1. The summed E-state index contributed by atoms with van der Waals surface area (Å²) >= 11 is 23.6. The van der Waals surface area contributed by atoms with Crippen LogP contribution >= 0.6 is 47.0 Å². The van der Waals surface area contributed by atoms with Gasteiger partial charge in [0.05, 0.1) is 24.9 Å². The molecule has 0 aliphatic carbocycles. The molecule has 0 saturated heterocycles. The minimum Gasteiger partial charge on any atom is -0.497 e. The molecular weight excluding hydrogens is 533 g/mol. The number of anilines is 1. The number of ether oxygens (including phenoxy) is 1. The molecule has 1 amide bonds. The monoisotopic (exact) mass is 555 g/mol. The highest BCUT2D eigenvalue weighted by Gasteiger charge is 2.35. The summed E-state index contributed by atoms with van der Waals surface area (Å²) in [7, 11) is 3.32. The number of hydrogen-bond donors (Lipinski definition) is 3. The molecule has 0 spiro atoms. The highest BCUT2D eigenvalue weighted by atomic mass is 35.6. The maximum atomic E-state index is 13.1. The van der Waals surface area contributed by atoms with Crippen LogP contribution in [0.5, 0.6) is 5.75 Å². The lowest BCUT2D eigenvalue weighted by Gasteiger charge is -2.27. The van der Waals surface area contributed by atoms with Crippen molar-refractivity contribution in [1.82, 2.24) is 20.0 Å². The van der Waals surface area contributed by atoms with Gasteiger partial charge < -0.3 is 20.7 Å². The second-order valence-corrected chi connectivity index (χ2v) is 10.4. The van der Waals surface area contributed by atoms with E-state index in [4.69, 9.17) is 51.8 Å². The average Bonchev–Trinajstić information content (AvgIpc) is 3.02. The summed E-state index contributed by atoms with van der Waals surface area (Å²) < 4.78 is 6.39. The van der Waals surface area contributed by atoms with E-state index in [1.54, 1.807) is 50.0 Å². The van der Waals surface area contributed by atoms with Gasteiger partial charge in [-0.3, -0.25) is 14.3 Å². The number of rotatable bonds is 7. The Balaban J connectivity index is 1.72. The van der Waals surface area contributed by atoms with Gasteiger partial charge in [-0.15, -0.1) is 0 Å². The first-order valence-corrected chi connectivity index (χ1v) is 12.0. The van der Waals surface area contributed by atoms with Crippen molar-refractivity contribution in [3.8, 4) is 11.4 Å². The van der Waals surface area contributed by atoms with Gasteiger partial charge >= 0.3 is 0 Å². The van der Waals surface area contributed by atoms with Gasteiger partial charge in [0.25, 0.3) is 5.56 Å². The number of alkyl halides is 3. The van der Waals surface area contributed by atoms with Crippen LogP contribution in [0.3, 0.4) is 0 Å². The first-order valence-electron chi connectivity index (χ1n) is 10.4. The van der Waals surface area contributed by atoms with E-state index in [0.717, 1.165) is 5.56 Å². The van der Waals surface area contributed by atoms with Crippen molar-refractivity contribution in [2.45, 2.75) is 23.3 Å². The zero-order valence-electron chi connectivity index (χ0n) is 19.1. The van der Waals surface area contributed by atoms with E-state index in [0.29, 0.717) is 17.1 Å². The summed E-state index contributed by atoms with van der Waals surface area (Å²) in [6.45, 7) is 1.77. The van der Waals surface area contributed by atoms with E-state index in [1.165, 1.54) is 4.68 Å². The lowest BCUT2D eigenvalue weighted by Crippen LogP contribution is -2.56. The lowest BCUT2D eigenvalue weighted by atomic mass is 10.1. The fraction of sp³-hybridized carbons (Fsp3) is 0.261. The van der Waals surface area contributed by atoms with Crippen LogP contribution in [0.25, 0.3) is 5.69 Å². The number of aromatic nitrogens is 2. The Morgan fingerprint density at radius 2 is 1.71 bits per heavy atom. The summed E-state index contributed by atoms with van der Waals surface area (Å²) in [4.78, 5) is 25.7. The SMILES string of the molecule is COc1ccc(CC(=O)NC(NC(=S)Nc2c(C)n(C)n(-c3ccccc3)c2=O)C(Cl)(Cl)Cl)cc1. The van der Waals surface area contributed by atoms with Crippen LogP contribution in [0.2, 0.25) is 0 Å². The fourth-order valence-electron chi connectivity index (χ4n) is 3.33. The predicted molar refractivity (Wildman–Crippen MR) is 144 cm³/mol. The second kappa shape index (κ2) is 11.3. The number of halogens is 3. The molecule has 0 aliphatic rings. The van der Waals surface area contributed by atoms with E-state index < -0.39 is 15.9 Å². The maximum Gasteiger partial charge on any atom is 0.295 e. The van der Waals surface area contributed by atoms with Gasteiger partial charge in [0.15, 0.2) is 5.11 Å². The minimum atomic E-state index is -1.93. The Kier molecular flexibility index (Phi) is 8.71. The molecule has 1 aromatic heterocycles. The van der Waals surface area contributed by atoms with Crippen molar-refractivity contribution in [3.05, 3.63) is 76.2 Å². The number of carbonyl (C=O) groups excluding carboxylic acids is 1. The van der Waals surface area contributed by atoms with E-state index >= 15 is 0 Å². The molecular formula is C23H24Cl3N5O3S. The maximum absolute atomic E-state index is 13.1. The van der Waals surface area contributed by atoms with Crippen LogP contribution in [0.1, 0.15) is 11.3 Å². The highest BCUT2D eigenvalue weighted by molar-refractivity contribution is 7.80. The number of benzene rings is 2. The molecule has 2 aromatic carbocycles. The standard InChI is InChI=1S/C23H24Cl3N5O3S/c1-14-19(20(33)31(30(14)2)16-7-5-4-6-8-16)28-22(35)29-21(23(24,25)26)27-18(32)13-15-9-11-17(34-3)12-10-15/h4-12,21H,13H2,1-3H3,(H,27,32)(H2,28,29,35). The Bertz CT molecular complexity index is 1250. The summed E-state index contributed by atoms with van der Waals surface area (Å²) in [6, 6.07) is 16.2. The molecule has 0 saturated carbocycles. The third-order valence-electron chi connectivity index (χ3n) is 5.22. The number of hydrogen-bond acceptors (Lipinski definition) is 4. The minimum absolute atomic E-state index is 0.00270. The number of amides is 1. The molecule has 0 aliphatic heterocycles. The molecule has 3 rings (SSSR count). The molecule has 1 atom stereocenters. The van der Waals surface area contributed by atoms with E-state index in [9.17, 15) is 9.59 Å². The van der Waals surface area contributed by atoms with Gasteiger partial charge in [0.2, 0.25) is 9.70 Å². The van der Waals surface area contributed by atoms with Crippen LogP contribution in [0.15, 0.2) is 59.4 Å². The largest absolute Gasteiger partial charge is 0.497 e. The lowest BCUT2D eigenvalue weighted by molar-refractivity contribution is -0.121. The first kappa shape index (κ1) is 26.9. The molecule has 12 heteroatoms. The molecule has 8 nitrogen and oxygen atoms in total. The van der Waals surface area contributed by atoms with Gasteiger partial charge in [0.1, 0.15) is 17.6 Å². The zero-order valence-corrected chi connectivity index (χ0v) is 22.2. The van der Waals surface area contributed by atoms with Crippen molar-refractivity contribution in [3.63, 3.8) is 0 Å². The van der Waals surface area contributed by atoms with Crippen molar-refractivity contribution < 1.29 is 9.53 Å². The molecule has 0 bridgehead atoms. The number of carbonyl (C=O) groups is 1. The molecule has 0 fully saturated rings. The van der Waals surface area contributed by atoms with E-state index in [1.807, 2.05) is 30.3 Å². The number of para-hydroxylation sites is 1. The van der Waals surface area contributed by atoms with E-state index in [2.05, 4.69) is 16.0 Å². The van der Waals surface area contributed by atoms with Crippen LogP contribution < -0.4 is 26.2 Å². The van der Waals surface area contributed by atoms with Crippen LogP contribution in [0, 0.1) is 6.92 Å². The molecule has 1 heterocycles. The third kappa shape index (κ3) is 6.70. The molecule has 0 radical (unpaired) electrons. The van der Waals surface area contributed by atoms with Crippen LogP contribution in [-0.4, -0.2) is 37.5 Å². The third-order valence-corrected chi connectivity index (χ3v) is 6.10. The summed E-state index contributed by atoms with van der Waals surface area (Å²) in [5.41, 5.74) is 2.02. The number of nitrogens with zero attached hydrogens (tertiary/aromatic N) is 2. The summed E-state index contributed by atoms with van der Waals surface area (Å²) in [5, 5.41) is 8.28. The topological polar surface area (TPSA) is 89.3 Å². The van der Waals surface area contributed by atoms with Gasteiger partial charge in [-0.25, -0.2) is 4.68 Å². The molecule has 1 unspecified atom stereocenters. The second-order valence-electron chi connectivity index (χ2n) is 7.60. The quantitative estimate of drug-likeness (QED) is 0.233. The Morgan fingerprint density at radius 1 is 1.09 bits per heavy atom. The van der Waals surface area contributed by atoms with Crippen molar-refractivity contribution >= 4 is 63.7 Å². The fourth-order valence-corrected chi connectivity index (χ4v) is 3.88. The van der Waals surface area contributed by atoms with Crippen molar-refractivity contribution in [1.29, 1.82) is 0 Å².